The number of Topliss-reactive ketones (excluding diaryl/α,β-unsaturated/α-hetero) is 1. The van der Waals surface area contributed by atoms with E-state index in [4.69, 9.17) is 0 Å². The summed E-state index contributed by atoms with van der Waals surface area (Å²) in [5.41, 5.74) is 0. The van der Waals surface area contributed by atoms with E-state index >= 15 is 0 Å². The van der Waals surface area contributed by atoms with E-state index in [0.717, 1.165) is 25.7 Å². The lowest BCUT2D eigenvalue weighted by Gasteiger charge is -2.07. The van der Waals surface area contributed by atoms with Gasteiger partial charge < -0.3 is 5.11 Å². The largest absolute Gasteiger partial charge is 0.385 e. The first-order valence-electron chi connectivity index (χ1n) is 4.93. The van der Waals surface area contributed by atoms with Crippen LogP contribution in [0.15, 0.2) is 0 Å². The summed E-state index contributed by atoms with van der Waals surface area (Å²) in [5, 5.41) is 9.33. The molecule has 0 aromatic carbocycles. The van der Waals surface area contributed by atoms with Crippen molar-refractivity contribution in [1.29, 1.82) is 0 Å². The first-order chi connectivity index (χ1) is 5.72. The molecule has 72 valence electrons. The number of carbonyl (C=O) groups excluding carboxylic acids is 1. The summed E-state index contributed by atoms with van der Waals surface area (Å²) >= 11 is 0. The lowest BCUT2D eigenvalue weighted by atomic mass is 10.0. The Bertz CT molecular complexity index is 121. The van der Waals surface area contributed by atoms with Gasteiger partial charge in [-0.15, -0.1) is 0 Å². The third-order valence-corrected chi connectivity index (χ3v) is 1.98. The highest BCUT2D eigenvalue weighted by atomic mass is 16.3. The van der Waals surface area contributed by atoms with E-state index in [1.165, 1.54) is 0 Å². The van der Waals surface area contributed by atoms with Crippen molar-refractivity contribution < 1.29 is 9.90 Å². The van der Waals surface area contributed by atoms with Crippen molar-refractivity contribution in [2.24, 2.45) is 0 Å². The van der Waals surface area contributed by atoms with Gasteiger partial charge in [-0.2, -0.15) is 0 Å². The van der Waals surface area contributed by atoms with E-state index in [1.807, 2.05) is 6.92 Å². The molecule has 0 rings (SSSR count). The molecule has 0 saturated heterocycles. The van der Waals surface area contributed by atoms with Gasteiger partial charge in [0.2, 0.25) is 0 Å². The Kier molecular flexibility index (Phi) is 7.06. The highest BCUT2D eigenvalue weighted by Crippen LogP contribution is 2.05. The minimum atomic E-state index is -0.698. The molecule has 0 aromatic heterocycles. The number of carbonyl (C=O) groups is 1. The van der Waals surface area contributed by atoms with Crippen LogP contribution in [0.1, 0.15) is 52.4 Å². The molecule has 0 heterocycles. The average Bonchev–Trinajstić information content (AvgIpc) is 2.10. The van der Waals surface area contributed by atoms with Gasteiger partial charge >= 0.3 is 0 Å². The van der Waals surface area contributed by atoms with Gasteiger partial charge in [-0.05, 0) is 12.8 Å². The predicted molar refractivity (Wildman–Crippen MR) is 50.1 cm³/mol. The normalized spacial score (nSPS) is 12.9. The molecule has 0 aromatic rings. The zero-order chi connectivity index (χ0) is 9.40. The topological polar surface area (TPSA) is 37.3 Å². The van der Waals surface area contributed by atoms with Gasteiger partial charge in [-0.1, -0.05) is 33.1 Å². The molecule has 0 amide bonds. The van der Waals surface area contributed by atoms with Crippen molar-refractivity contribution in [3.63, 3.8) is 0 Å². The molecule has 0 aliphatic rings. The quantitative estimate of drug-likeness (QED) is 0.639. The molecule has 0 aliphatic carbocycles. The van der Waals surface area contributed by atoms with Crippen molar-refractivity contribution in [1.82, 2.24) is 0 Å². The summed E-state index contributed by atoms with van der Waals surface area (Å²) in [6, 6.07) is 0. The van der Waals surface area contributed by atoms with Crippen LogP contribution in [0.2, 0.25) is 0 Å². The smallest absolute Gasteiger partial charge is 0.161 e. The maximum Gasteiger partial charge on any atom is 0.161 e. The Labute approximate surface area is 75.0 Å². The van der Waals surface area contributed by atoms with E-state index in [0.29, 0.717) is 12.8 Å². The molecule has 0 bridgehead atoms. The van der Waals surface area contributed by atoms with Crippen LogP contribution in [-0.4, -0.2) is 17.0 Å². The monoisotopic (exact) mass is 172 g/mol. The molecule has 1 N–H and O–H groups in total. The standard InChI is InChI=1S/C10H20O2/c1-3-5-7-9(11)10(12)8-6-4-2/h9,11H,3-8H2,1-2H3. The number of ketones is 1. The Morgan fingerprint density at radius 3 is 2.33 bits per heavy atom. The van der Waals surface area contributed by atoms with Crippen molar-refractivity contribution in [3.05, 3.63) is 0 Å². The number of aliphatic hydroxyl groups excluding tert-OH is 1. The second-order valence-corrected chi connectivity index (χ2v) is 3.23. The van der Waals surface area contributed by atoms with Crippen LogP contribution in [-0.2, 0) is 4.79 Å². The Morgan fingerprint density at radius 2 is 1.83 bits per heavy atom. The van der Waals surface area contributed by atoms with E-state index < -0.39 is 6.10 Å². The average molecular weight is 172 g/mol. The SMILES string of the molecule is CCCCC(=O)C(O)CCCC. The lowest BCUT2D eigenvalue weighted by Crippen LogP contribution is -2.19. The number of aliphatic hydroxyl groups is 1. The Hall–Kier alpha value is -0.370. The third kappa shape index (κ3) is 5.30. The van der Waals surface area contributed by atoms with Crippen molar-refractivity contribution in [2.45, 2.75) is 58.5 Å². The molecule has 1 unspecified atom stereocenters. The van der Waals surface area contributed by atoms with E-state index in [-0.39, 0.29) is 5.78 Å². The van der Waals surface area contributed by atoms with Gasteiger partial charge in [-0.3, -0.25) is 4.79 Å². The van der Waals surface area contributed by atoms with Gasteiger partial charge in [-0.25, -0.2) is 0 Å². The number of rotatable bonds is 7. The van der Waals surface area contributed by atoms with Gasteiger partial charge in [0, 0.05) is 6.42 Å². The number of unbranched alkanes of at least 4 members (excludes halogenated alkanes) is 2. The first kappa shape index (κ1) is 11.6. The molecule has 12 heavy (non-hydrogen) atoms. The second kappa shape index (κ2) is 7.29. The minimum Gasteiger partial charge on any atom is -0.385 e. The fourth-order valence-corrected chi connectivity index (χ4v) is 1.08. The van der Waals surface area contributed by atoms with Gasteiger partial charge in [0.15, 0.2) is 5.78 Å². The predicted octanol–water partition coefficient (Wildman–Crippen LogP) is 2.30. The van der Waals surface area contributed by atoms with E-state index in [2.05, 4.69) is 6.92 Å². The van der Waals surface area contributed by atoms with Gasteiger partial charge in [0.1, 0.15) is 6.10 Å². The molecule has 1 atom stereocenters. The molecule has 0 aliphatic heterocycles. The van der Waals surface area contributed by atoms with Crippen molar-refractivity contribution >= 4 is 5.78 Å². The molecule has 0 spiro atoms. The number of hydrogen-bond donors (Lipinski definition) is 1. The molecule has 0 radical (unpaired) electrons. The summed E-state index contributed by atoms with van der Waals surface area (Å²) in [7, 11) is 0. The summed E-state index contributed by atoms with van der Waals surface area (Å²) in [4.78, 5) is 11.2. The summed E-state index contributed by atoms with van der Waals surface area (Å²) in [5.74, 6) is 0.0188. The minimum absolute atomic E-state index is 0.0188. The zero-order valence-electron chi connectivity index (χ0n) is 8.18. The maximum atomic E-state index is 11.2. The fourth-order valence-electron chi connectivity index (χ4n) is 1.08. The zero-order valence-corrected chi connectivity index (χ0v) is 8.18. The highest BCUT2D eigenvalue weighted by Gasteiger charge is 2.12. The Morgan fingerprint density at radius 1 is 1.25 bits per heavy atom. The van der Waals surface area contributed by atoms with Gasteiger partial charge in [0.05, 0.1) is 0 Å². The Balaban J connectivity index is 3.47. The molecule has 2 nitrogen and oxygen atoms in total. The maximum absolute atomic E-state index is 11.2. The van der Waals surface area contributed by atoms with Crippen LogP contribution in [0.4, 0.5) is 0 Å². The molecular formula is C10H20O2. The van der Waals surface area contributed by atoms with Crippen LogP contribution in [0.5, 0.6) is 0 Å². The lowest BCUT2D eigenvalue weighted by molar-refractivity contribution is -0.127. The van der Waals surface area contributed by atoms with Crippen LogP contribution in [0.3, 0.4) is 0 Å². The second-order valence-electron chi connectivity index (χ2n) is 3.23. The summed E-state index contributed by atoms with van der Waals surface area (Å²) in [6.45, 7) is 4.11. The molecule has 0 fully saturated rings. The first-order valence-corrected chi connectivity index (χ1v) is 4.93. The fraction of sp³-hybridized carbons (Fsp3) is 0.900. The van der Waals surface area contributed by atoms with Crippen molar-refractivity contribution in [3.8, 4) is 0 Å². The number of hydrogen-bond acceptors (Lipinski definition) is 2. The molecular weight excluding hydrogens is 152 g/mol. The third-order valence-electron chi connectivity index (χ3n) is 1.98. The molecule has 0 saturated carbocycles. The van der Waals surface area contributed by atoms with Crippen LogP contribution >= 0.6 is 0 Å². The summed E-state index contributed by atoms with van der Waals surface area (Å²) in [6.07, 6.45) is 4.39. The van der Waals surface area contributed by atoms with Gasteiger partial charge in [0.25, 0.3) is 0 Å². The van der Waals surface area contributed by atoms with Crippen LogP contribution in [0.25, 0.3) is 0 Å². The van der Waals surface area contributed by atoms with E-state index in [9.17, 15) is 9.90 Å². The van der Waals surface area contributed by atoms with E-state index in [1.54, 1.807) is 0 Å². The molecule has 2 heteroatoms. The summed E-state index contributed by atoms with van der Waals surface area (Å²) < 4.78 is 0. The van der Waals surface area contributed by atoms with Crippen LogP contribution in [0, 0.1) is 0 Å². The van der Waals surface area contributed by atoms with Crippen LogP contribution < -0.4 is 0 Å². The van der Waals surface area contributed by atoms with Crippen molar-refractivity contribution in [2.75, 3.05) is 0 Å². The highest BCUT2D eigenvalue weighted by molar-refractivity contribution is 5.82.